The van der Waals surface area contributed by atoms with Gasteiger partial charge in [0.15, 0.2) is 0 Å². The Kier molecular flexibility index (Phi) is 8.25. The Hall–Kier alpha value is -1.29. The van der Waals surface area contributed by atoms with Crippen LogP contribution >= 0.6 is 69.2 Å². The van der Waals surface area contributed by atoms with Gasteiger partial charge in [0.1, 0.15) is 16.7 Å². The summed E-state index contributed by atoms with van der Waals surface area (Å²) in [5.74, 6) is 0.613. The molecule has 0 aromatic heterocycles. The van der Waals surface area contributed by atoms with E-state index in [1.165, 1.54) is 23.9 Å². The lowest BCUT2D eigenvalue weighted by Gasteiger charge is -2.18. The summed E-state index contributed by atoms with van der Waals surface area (Å²) in [6, 6.07) is 10.3. The fourth-order valence-electron chi connectivity index (χ4n) is 3.52. The number of rotatable bonds is 7. The molecule has 1 amide bonds. The number of benzene rings is 2. The molecule has 11 heteroatoms. The summed E-state index contributed by atoms with van der Waals surface area (Å²) in [6.45, 7) is 1.46. The number of carbonyl (C=O) groups excluding carboxylic acids is 1. The quantitative estimate of drug-likeness (QED) is 0.119. The Morgan fingerprint density at radius 1 is 1.30 bits per heavy atom. The summed E-state index contributed by atoms with van der Waals surface area (Å²) in [5, 5.41) is 11.0. The lowest BCUT2D eigenvalue weighted by molar-refractivity contribution is -0.384. The number of carbonyl (C=O) groups is 1. The Morgan fingerprint density at radius 3 is 2.73 bits per heavy atom. The largest absolute Gasteiger partial charge is 0.487 e. The Labute approximate surface area is 227 Å². The van der Waals surface area contributed by atoms with E-state index in [0.717, 1.165) is 37.7 Å². The van der Waals surface area contributed by atoms with Crippen LogP contribution in [0.4, 0.5) is 5.69 Å². The molecule has 4 rings (SSSR count). The minimum Gasteiger partial charge on any atom is -0.487 e. The summed E-state index contributed by atoms with van der Waals surface area (Å²) in [4.78, 5) is 25.7. The van der Waals surface area contributed by atoms with E-state index in [9.17, 15) is 14.9 Å². The van der Waals surface area contributed by atoms with E-state index in [2.05, 4.69) is 45.2 Å². The minimum absolute atomic E-state index is 0.0349. The number of amides is 1. The first-order chi connectivity index (χ1) is 15.8. The minimum atomic E-state index is -0.421. The summed E-state index contributed by atoms with van der Waals surface area (Å²) < 4.78 is 13.9. The monoisotopic (exact) mass is 708 g/mol. The van der Waals surface area contributed by atoms with Gasteiger partial charge in [0, 0.05) is 18.7 Å². The van der Waals surface area contributed by atoms with E-state index in [1.807, 2.05) is 18.2 Å². The molecule has 2 heterocycles. The number of nitrogens with zero attached hydrogens (tertiary/aromatic N) is 2. The number of halogens is 2. The average Bonchev–Trinajstić information content (AvgIpc) is 3.37. The van der Waals surface area contributed by atoms with Crippen molar-refractivity contribution in [2.75, 3.05) is 13.2 Å². The SMILES string of the molecule is O=C1/C(=C/c2cc(I)c(OCc3cccc([N+](=O)[O-])c3)c(I)c2)SC(=S)N1C[C@@H]1CCCO1. The van der Waals surface area contributed by atoms with Gasteiger partial charge in [-0.3, -0.25) is 19.8 Å². The number of hydrogen-bond acceptors (Lipinski definition) is 7. The second kappa shape index (κ2) is 11.0. The van der Waals surface area contributed by atoms with Crippen molar-refractivity contribution in [2.45, 2.75) is 25.6 Å². The highest BCUT2D eigenvalue weighted by Crippen LogP contribution is 2.36. The van der Waals surface area contributed by atoms with Crippen molar-refractivity contribution in [1.29, 1.82) is 0 Å². The van der Waals surface area contributed by atoms with Crippen LogP contribution in [0.2, 0.25) is 0 Å². The van der Waals surface area contributed by atoms with E-state index in [0.29, 0.717) is 21.5 Å². The van der Waals surface area contributed by atoms with Gasteiger partial charge in [0.25, 0.3) is 11.6 Å². The second-order valence-electron chi connectivity index (χ2n) is 7.46. The van der Waals surface area contributed by atoms with Crippen LogP contribution in [0.5, 0.6) is 5.75 Å². The normalized spacial score (nSPS) is 19.5. The zero-order chi connectivity index (χ0) is 23.5. The highest BCUT2D eigenvalue weighted by Gasteiger charge is 2.34. The molecule has 2 aliphatic heterocycles. The van der Waals surface area contributed by atoms with Crippen molar-refractivity contribution >= 4 is 91.2 Å². The summed E-state index contributed by atoms with van der Waals surface area (Å²) >= 11 is 11.1. The summed E-state index contributed by atoms with van der Waals surface area (Å²) in [5.41, 5.74) is 1.63. The number of nitro benzene ring substituents is 1. The average molecular weight is 708 g/mol. The molecule has 0 N–H and O–H groups in total. The first-order valence-electron chi connectivity index (χ1n) is 10.0. The van der Waals surface area contributed by atoms with Gasteiger partial charge in [-0.1, -0.05) is 36.1 Å². The van der Waals surface area contributed by atoms with Crippen molar-refractivity contribution < 1.29 is 19.2 Å². The predicted molar refractivity (Wildman–Crippen MR) is 148 cm³/mol. The number of non-ortho nitro benzene ring substituents is 1. The zero-order valence-electron chi connectivity index (χ0n) is 17.2. The molecule has 0 aliphatic carbocycles. The molecule has 0 bridgehead atoms. The third kappa shape index (κ3) is 6.05. The third-order valence-corrected chi connectivity index (χ3v) is 8.09. The third-order valence-electron chi connectivity index (χ3n) is 5.11. The van der Waals surface area contributed by atoms with E-state index in [-0.39, 0.29) is 24.3 Å². The molecule has 2 aromatic carbocycles. The number of ether oxygens (including phenoxy) is 2. The standard InChI is InChI=1S/C22H18I2N2O5S2/c23-17-8-14(10-19-21(27)25(22(32)33-19)11-16-5-2-6-30-16)9-18(24)20(17)31-12-13-3-1-4-15(7-13)26(28)29/h1,3-4,7-10,16H,2,5-6,11-12H2/b19-10-/t16-/m0/s1. The van der Waals surface area contributed by atoms with Gasteiger partial charge in [0.2, 0.25) is 0 Å². The van der Waals surface area contributed by atoms with Crippen LogP contribution in [-0.4, -0.2) is 39.3 Å². The predicted octanol–water partition coefficient (Wildman–Crippen LogP) is 5.76. The molecule has 2 aliphatic rings. The van der Waals surface area contributed by atoms with E-state index in [1.54, 1.807) is 17.0 Å². The van der Waals surface area contributed by atoms with Crippen LogP contribution in [0.15, 0.2) is 41.3 Å². The fourth-order valence-corrected chi connectivity index (χ4v) is 6.92. The molecular weight excluding hydrogens is 690 g/mol. The van der Waals surface area contributed by atoms with Crippen molar-refractivity contribution in [1.82, 2.24) is 4.90 Å². The molecule has 2 saturated heterocycles. The van der Waals surface area contributed by atoms with Crippen molar-refractivity contribution in [3.05, 3.63) is 69.7 Å². The van der Waals surface area contributed by atoms with Crippen LogP contribution in [-0.2, 0) is 16.1 Å². The van der Waals surface area contributed by atoms with Gasteiger partial charge in [-0.05, 0) is 87.4 Å². The number of thioether (sulfide) groups is 1. The van der Waals surface area contributed by atoms with Crippen LogP contribution in [0.3, 0.4) is 0 Å². The van der Waals surface area contributed by atoms with Gasteiger partial charge in [0.05, 0.1) is 29.6 Å². The highest BCUT2D eigenvalue weighted by atomic mass is 127. The molecule has 0 saturated carbocycles. The maximum Gasteiger partial charge on any atom is 0.269 e. The van der Waals surface area contributed by atoms with Gasteiger partial charge < -0.3 is 9.47 Å². The van der Waals surface area contributed by atoms with Gasteiger partial charge in [-0.2, -0.15) is 0 Å². The summed E-state index contributed by atoms with van der Waals surface area (Å²) in [7, 11) is 0. The molecule has 0 unspecified atom stereocenters. The molecule has 33 heavy (non-hydrogen) atoms. The topological polar surface area (TPSA) is 81.9 Å². The molecule has 0 radical (unpaired) electrons. The molecule has 7 nitrogen and oxygen atoms in total. The van der Waals surface area contributed by atoms with E-state index in [4.69, 9.17) is 21.7 Å². The molecule has 172 valence electrons. The maximum atomic E-state index is 12.9. The van der Waals surface area contributed by atoms with Crippen LogP contribution in [0, 0.1) is 17.3 Å². The Bertz CT molecular complexity index is 1130. The van der Waals surface area contributed by atoms with Crippen LogP contribution in [0.1, 0.15) is 24.0 Å². The smallest absolute Gasteiger partial charge is 0.269 e. The van der Waals surface area contributed by atoms with E-state index < -0.39 is 4.92 Å². The van der Waals surface area contributed by atoms with Crippen molar-refractivity contribution in [3.8, 4) is 5.75 Å². The fraction of sp³-hybridized carbons (Fsp3) is 0.273. The first kappa shape index (κ1) is 24.8. The maximum absolute atomic E-state index is 12.9. The number of hydrogen-bond donors (Lipinski definition) is 0. The van der Waals surface area contributed by atoms with Crippen LogP contribution in [0.25, 0.3) is 6.08 Å². The van der Waals surface area contributed by atoms with Gasteiger partial charge in [-0.15, -0.1) is 0 Å². The molecule has 2 fully saturated rings. The van der Waals surface area contributed by atoms with Gasteiger partial charge in [-0.25, -0.2) is 0 Å². The first-order valence-corrected chi connectivity index (χ1v) is 13.4. The highest BCUT2D eigenvalue weighted by molar-refractivity contribution is 14.1. The summed E-state index contributed by atoms with van der Waals surface area (Å²) in [6.07, 6.45) is 3.87. The van der Waals surface area contributed by atoms with E-state index >= 15 is 0 Å². The lowest BCUT2D eigenvalue weighted by Crippen LogP contribution is -2.35. The van der Waals surface area contributed by atoms with Crippen molar-refractivity contribution in [3.63, 3.8) is 0 Å². The van der Waals surface area contributed by atoms with Gasteiger partial charge >= 0.3 is 0 Å². The number of thiocarbonyl (C=S) groups is 1. The Balaban J connectivity index is 1.47. The molecule has 1 atom stereocenters. The number of nitro groups is 1. The second-order valence-corrected chi connectivity index (χ2v) is 11.5. The molecule has 0 spiro atoms. The Morgan fingerprint density at radius 2 is 2.06 bits per heavy atom. The van der Waals surface area contributed by atoms with Crippen LogP contribution < -0.4 is 4.74 Å². The van der Waals surface area contributed by atoms with Crippen molar-refractivity contribution in [2.24, 2.45) is 0 Å². The lowest BCUT2D eigenvalue weighted by atomic mass is 10.2. The zero-order valence-corrected chi connectivity index (χ0v) is 23.1. The molecule has 2 aromatic rings. The molecular formula is C22H18I2N2O5S2.